The summed E-state index contributed by atoms with van der Waals surface area (Å²) in [6.07, 6.45) is 4.07. The van der Waals surface area contributed by atoms with E-state index in [4.69, 9.17) is 14.2 Å². The molecule has 0 saturated carbocycles. The minimum Gasteiger partial charge on any atom is -0.493 e. The summed E-state index contributed by atoms with van der Waals surface area (Å²) < 4.78 is 16.0. The highest BCUT2D eigenvalue weighted by molar-refractivity contribution is 5.42. The van der Waals surface area contributed by atoms with Crippen LogP contribution in [0.1, 0.15) is 18.5 Å². The number of nitrogens with one attached hydrogen (secondary N) is 1. The van der Waals surface area contributed by atoms with E-state index in [0.29, 0.717) is 18.2 Å². The Kier molecular flexibility index (Phi) is 5.42. The number of hydrogen-bond donors (Lipinski definition) is 1. The lowest BCUT2D eigenvalue weighted by atomic mass is 10.1. The van der Waals surface area contributed by atoms with Crippen LogP contribution in [0.5, 0.6) is 11.5 Å². The summed E-state index contributed by atoms with van der Waals surface area (Å²) >= 11 is 0. The molecular weight excluding hydrogens is 244 g/mol. The molecule has 1 aliphatic heterocycles. The van der Waals surface area contributed by atoms with Crippen LogP contribution in [0.25, 0.3) is 0 Å². The molecule has 1 aromatic heterocycles. The van der Waals surface area contributed by atoms with Crippen LogP contribution in [0.15, 0.2) is 12.3 Å². The third-order valence-electron chi connectivity index (χ3n) is 3.41. The molecule has 1 unspecified atom stereocenters. The number of pyridine rings is 1. The maximum absolute atomic E-state index is 5.36. The molecule has 0 bridgehead atoms. The molecule has 5 nitrogen and oxygen atoms in total. The molecule has 0 amide bonds. The third kappa shape index (κ3) is 3.81. The van der Waals surface area contributed by atoms with Crippen LogP contribution in [-0.4, -0.2) is 39.0 Å². The van der Waals surface area contributed by atoms with Crippen molar-refractivity contribution in [3.05, 3.63) is 18.0 Å². The van der Waals surface area contributed by atoms with Crippen molar-refractivity contribution in [1.29, 1.82) is 0 Å². The van der Waals surface area contributed by atoms with Gasteiger partial charge in [-0.3, -0.25) is 4.98 Å². The van der Waals surface area contributed by atoms with Gasteiger partial charge < -0.3 is 19.5 Å². The fourth-order valence-corrected chi connectivity index (χ4v) is 2.30. The normalized spacial score (nSPS) is 18.5. The van der Waals surface area contributed by atoms with Crippen LogP contribution in [0.3, 0.4) is 0 Å². The molecule has 1 atom stereocenters. The molecule has 1 saturated heterocycles. The van der Waals surface area contributed by atoms with E-state index < -0.39 is 0 Å². The van der Waals surface area contributed by atoms with Crippen molar-refractivity contribution in [1.82, 2.24) is 10.3 Å². The molecule has 5 heteroatoms. The number of aromatic nitrogens is 1. The standard InChI is InChI=1S/C14H22N2O3/c1-17-13-4-7-16-12(14(13)18-2)9-15-6-3-11-5-8-19-10-11/h4,7,11,15H,3,5-6,8-10H2,1-2H3. The summed E-state index contributed by atoms with van der Waals surface area (Å²) in [7, 11) is 3.27. The van der Waals surface area contributed by atoms with Gasteiger partial charge in [-0.05, 0) is 25.3 Å². The molecule has 0 aliphatic carbocycles. The second-order valence-corrected chi connectivity index (χ2v) is 4.69. The Morgan fingerprint density at radius 1 is 1.42 bits per heavy atom. The second-order valence-electron chi connectivity index (χ2n) is 4.69. The van der Waals surface area contributed by atoms with Gasteiger partial charge in [-0.1, -0.05) is 0 Å². The Morgan fingerprint density at radius 3 is 3.00 bits per heavy atom. The SMILES string of the molecule is COc1ccnc(CNCCC2CCOC2)c1OC. The lowest BCUT2D eigenvalue weighted by Gasteiger charge is -2.13. The molecule has 0 spiro atoms. The van der Waals surface area contributed by atoms with Gasteiger partial charge in [-0.2, -0.15) is 0 Å². The number of methoxy groups -OCH3 is 2. The Balaban J connectivity index is 1.81. The van der Waals surface area contributed by atoms with Gasteiger partial charge in [0, 0.05) is 32.0 Å². The summed E-state index contributed by atoms with van der Waals surface area (Å²) in [5, 5.41) is 3.40. The Bertz CT molecular complexity index is 392. The third-order valence-corrected chi connectivity index (χ3v) is 3.41. The van der Waals surface area contributed by atoms with Gasteiger partial charge in [0.25, 0.3) is 0 Å². The largest absolute Gasteiger partial charge is 0.493 e. The van der Waals surface area contributed by atoms with E-state index in [1.54, 1.807) is 26.5 Å². The molecule has 1 fully saturated rings. The quantitative estimate of drug-likeness (QED) is 0.760. The first-order chi connectivity index (χ1) is 9.35. The summed E-state index contributed by atoms with van der Waals surface area (Å²) in [6, 6.07) is 1.80. The average Bonchev–Trinajstić information content (AvgIpc) is 2.96. The van der Waals surface area contributed by atoms with Gasteiger partial charge in [-0.15, -0.1) is 0 Å². The first-order valence-electron chi connectivity index (χ1n) is 6.69. The molecule has 19 heavy (non-hydrogen) atoms. The van der Waals surface area contributed by atoms with E-state index >= 15 is 0 Å². The lowest BCUT2D eigenvalue weighted by Crippen LogP contribution is -2.19. The lowest BCUT2D eigenvalue weighted by molar-refractivity contribution is 0.184. The van der Waals surface area contributed by atoms with Gasteiger partial charge in [0.05, 0.1) is 19.9 Å². The van der Waals surface area contributed by atoms with Crippen molar-refractivity contribution in [2.45, 2.75) is 19.4 Å². The average molecular weight is 266 g/mol. The summed E-state index contributed by atoms with van der Waals surface area (Å²) in [4.78, 5) is 4.34. The summed E-state index contributed by atoms with van der Waals surface area (Å²) in [5.74, 6) is 2.13. The smallest absolute Gasteiger partial charge is 0.183 e. The van der Waals surface area contributed by atoms with Crippen molar-refractivity contribution in [2.24, 2.45) is 5.92 Å². The van der Waals surface area contributed by atoms with Gasteiger partial charge >= 0.3 is 0 Å². The van der Waals surface area contributed by atoms with Crippen LogP contribution in [0.2, 0.25) is 0 Å². The van der Waals surface area contributed by atoms with Gasteiger partial charge in [0.2, 0.25) is 0 Å². The van der Waals surface area contributed by atoms with Crippen LogP contribution >= 0.6 is 0 Å². The highest BCUT2D eigenvalue weighted by atomic mass is 16.5. The summed E-state index contributed by atoms with van der Waals surface area (Å²) in [6.45, 7) is 3.47. The van der Waals surface area contributed by atoms with Crippen LogP contribution in [-0.2, 0) is 11.3 Å². The van der Waals surface area contributed by atoms with E-state index in [9.17, 15) is 0 Å². The van der Waals surface area contributed by atoms with Crippen molar-refractivity contribution in [2.75, 3.05) is 34.0 Å². The molecule has 1 aromatic rings. The molecule has 106 valence electrons. The van der Waals surface area contributed by atoms with Gasteiger partial charge in [-0.25, -0.2) is 0 Å². The van der Waals surface area contributed by atoms with E-state index in [1.165, 1.54) is 6.42 Å². The Hall–Kier alpha value is -1.33. The first kappa shape index (κ1) is 14.1. The van der Waals surface area contributed by atoms with Crippen LogP contribution in [0.4, 0.5) is 0 Å². The maximum Gasteiger partial charge on any atom is 0.183 e. The van der Waals surface area contributed by atoms with E-state index in [2.05, 4.69) is 10.3 Å². The molecule has 0 radical (unpaired) electrons. The maximum atomic E-state index is 5.36. The molecule has 0 aromatic carbocycles. The van der Waals surface area contributed by atoms with Crippen molar-refractivity contribution in [3.8, 4) is 11.5 Å². The number of hydrogen-bond acceptors (Lipinski definition) is 5. The Morgan fingerprint density at radius 2 is 2.32 bits per heavy atom. The van der Waals surface area contributed by atoms with Gasteiger partial charge in [0.15, 0.2) is 11.5 Å². The predicted octanol–water partition coefficient (Wildman–Crippen LogP) is 1.61. The number of nitrogens with zero attached hydrogens (tertiary/aromatic N) is 1. The van der Waals surface area contributed by atoms with Crippen molar-refractivity contribution in [3.63, 3.8) is 0 Å². The van der Waals surface area contributed by atoms with E-state index in [1.807, 2.05) is 0 Å². The highest BCUT2D eigenvalue weighted by Crippen LogP contribution is 2.28. The zero-order valence-corrected chi connectivity index (χ0v) is 11.6. The highest BCUT2D eigenvalue weighted by Gasteiger charge is 2.15. The fraction of sp³-hybridized carbons (Fsp3) is 0.643. The topological polar surface area (TPSA) is 52.6 Å². The molecule has 2 heterocycles. The minimum atomic E-state index is 0.688. The molecule has 1 aliphatic rings. The van der Waals surface area contributed by atoms with Crippen molar-refractivity contribution < 1.29 is 14.2 Å². The zero-order valence-electron chi connectivity index (χ0n) is 11.6. The number of ether oxygens (including phenoxy) is 3. The van der Waals surface area contributed by atoms with Crippen LogP contribution in [0, 0.1) is 5.92 Å². The molecule has 1 N–H and O–H groups in total. The zero-order chi connectivity index (χ0) is 13.5. The second kappa shape index (κ2) is 7.31. The molecule has 2 rings (SSSR count). The minimum absolute atomic E-state index is 0.688. The number of rotatable bonds is 7. The fourth-order valence-electron chi connectivity index (χ4n) is 2.30. The monoisotopic (exact) mass is 266 g/mol. The predicted molar refractivity (Wildman–Crippen MR) is 72.6 cm³/mol. The summed E-state index contributed by atoms with van der Waals surface area (Å²) in [5.41, 5.74) is 0.879. The molecular formula is C14H22N2O3. The van der Waals surface area contributed by atoms with Gasteiger partial charge in [0.1, 0.15) is 0 Å². The van der Waals surface area contributed by atoms with E-state index in [-0.39, 0.29) is 0 Å². The van der Waals surface area contributed by atoms with Crippen molar-refractivity contribution >= 4 is 0 Å². The Labute approximate surface area is 114 Å². The first-order valence-corrected chi connectivity index (χ1v) is 6.69. The van der Waals surface area contributed by atoms with Crippen LogP contribution < -0.4 is 14.8 Å². The van der Waals surface area contributed by atoms with E-state index in [0.717, 1.165) is 37.6 Å².